The molecule has 3 aliphatic carbocycles. The summed E-state index contributed by atoms with van der Waals surface area (Å²) in [6.07, 6.45) is -16.5. The van der Waals surface area contributed by atoms with Gasteiger partial charge in [0.2, 0.25) is 0 Å². The van der Waals surface area contributed by atoms with E-state index in [9.17, 15) is 43.9 Å². The second-order valence-electron chi connectivity index (χ2n) is 8.25. The molecule has 11 heteroatoms. The highest BCUT2D eigenvalue weighted by molar-refractivity contribution is 5.29. The molecule has 30 heavy (non-hydrogen) atoms. The minimum Gasteiger partial charge on any atom is -0.306 e. The van der Waals surface area contributed by atoms with Gasteiger partial charge in [0.05, 0.1) is 5.56 Å². The van der Waals surface area contributed by atoms with Crippen molar-refractivity contribution in [3.05, 3.63) is 34.9 Å². The second-order valence-corrected chi connectivity index (χ2v) is 8.25. The van der Waals surface area contributed by atoms with Crippen molar-refractivity contribution >= 4 is 0 Å². The largest absolute Gasteiger partial charge is 0.389 e. The van der Waals surface area contributed by atoms with Gasteiger partial charge in [-0.05, 0) is 43.7 Å². The van der Waals surface area contributed by atoms with Crippen LogP contribution in [0.3, 0.4) is 0 Å². The highest BCUT2D eigenvalue weighted by atomic mass is 19.4. The molecule has 3 saturated carbocycles. The summed E-state index contributed by atoms with van der Waals surface area (Å²) in [7, 11) is 0. The van der Waals surface area contributed by atoms with Crippen molar-refractivity contribution in [2.24, 2.45) is 5.41 Å². The number of benzene rings is 1. The molecule has 1 atom stereocenters. The summed E-state index contributed by atoms with van der Waals surface area (Å²) in [5, 5.41) is 0. The van der Waals surface area contributed by atoms with Crippen LogP contribution in [0.25, 0.3) is 0 Å². The Labute approximate surface area is 165 Å². The fourth-order valence-electron chi connectivity index (χ4n) is 4.20. The van der Waals surface area contributed by atoms with Crippen LogP contribution in [0.2, 0.25) is 0 Å². The Hall–Kier alpha value is -1.52. The van der Waals surface area contributed by atoms with Crippen molar-refractivity contribution < 1.29 is 48.6 Å². The fraction of sp³-hybridized carbons (Fsp3) is 0.684. The first kappa shape index (κ1) is 23.1. The van der Waals surface area contributed by atoms with Crippen molar-refractivity contribution in [3.63, 3.8) is 0 Å². The van der Waals surface area contributed by atoms with Crippen LogP contribution in [0.4, 0.5) is 43.9 Å². The van der Waals surface area contributed by atoms with Crippen molar-refractivity contribution in [2.45, 2.75) is 75.4 Å². The van der Waals surface area contributed by atoms with E-state index in [1.54, 1.807) is 0 Å². The topological polar surface area (TPSA) is 9.23 Å². The zero-order valence-corrected chi connectivity index (χ0v) is 15.7. The Kier molecular flexibility index (Phi) is 5.40. The van der Waals surface area contributed by atoms with E-state index in [4.69, 9.17) is 0 Å². The second kappa shape index (κ2) is 7.00. The first-order valence-corrected chi connectivity index (χ1v) is 9.19. The molecular formula is C19H18F10O. The van der Waals surface area contributed by atoms with Crippen LogP contribution in [0.5, 0.6) is 0 Å². The zero-order valence-electron chi connectivity index (χ0n) is 15.7. The van der Waals surface area contributed by atoms with Crippen molar-refractivity contribution in [3.8, 4) is 0 Å². The van der Waals surface area contributed by atoms with Gasteiger partial charge < -0.3 is 4.74 Å². The smallest absolute Gasteiger partial charge is 0.306 e. The number of halogens is 10. The first-order valence-electron chi connectivity index (χ1n) is 9.19. The maximum Gasteiger partial charge on any atom is 0.389 e. The summed E-state index contributed by atoms with van der Waals surface area (Å²) in [5.41, 5.74) is -6.80. The summed E-state index contributed by atoms with van der Waals surface area (Å²) in [5.74, 6) is -8.06. The van der Waals surface area contributed by atoms with E-state index in [1.807, 2.05) is 0 Å². The number of aryl methyl sites for hydroxylation is 1. The molecule has 3 fully saturated rings. The maximum absolute atomic E-state index is 14.6. The van der Waals surface area contributed by atoms with E-state index in [-0.39, 0.29) is 12.8 Å². The van der Waals surface area contributed by atoms with Crippen LogP contribution >= 0.6 is 0 Å². The number of hydrogen-bond acceptors (Lipinski definition) is 1. The van der Waals surface area contributed by atoms with E-state index < -0.39 is 83.8 Å². The molecule has 0 amide bonds. The number of hydrogen-bond donors (Lipinski definition) is 0. The molecule has 3 aliphatic rings. The third kappa shape index (κ3) is 3.67. The van der Waals surface area contributed by atoms with Crippen LogP contribution < -0.4 is 0 Å². The van der Waals surface area contributed by atoms with E-state index in [2.05, 4.69) is 4.74 Å². The lowest BCUT2D eigenvalue weighted by Gasteiger charge is -2.57. The third-order valence-corrected chi connectivity index (χ3v) is 6.27. The quantitative estimate of drug-likeness (QED) is 0.445. The van der Waals surface area contributed by atoms with Gasteiger partial charge in [-0.15, -0.1) is 0 Å². The van der Waals surface area contributed by atoms with Crippen molar-refractivity contribution in [2.75, 3.05) is 0 Å². The Balaban J connectivity index is 1.88. The average molecular weight is 452 g/mol. The van der Waals surface area contributed by atoms with E-state index in [0.29, 0.717) is 12.1 Å². The van der Waals surface area contributed by atoms with E-state index >= 15 is 0 Å². The summed E-state index contributed by atoms with van der Waals surface area (Å²) in [6, 6.07) is 0.858. The van der Waals surface area contributed by atoms with Gasteiger partial charge in [-0.2, -0.15) is 22.0 Å². The Bertz CT molecular complexity index is 808. The normalized spacial score (nSPS) is 31.2. The molecule has 0 spiro atoms. The van der Waals surface area contributed by atoms with Crippen LogP contribution in [0.15, 0.2) is 12.1 Å². The van der Waals surface area contributed by atoms with Crippen molar-refractivity contribution in [1.29, 1.82) is 0 Å². The van der Waals surface area contributed by atoms with Crippen LogP contribution in [-0.4, -0.2) is 23.9 Å². The van der Waals surface area contributed by atoms with E-state index in [0.717, 1.165) is 6.92 Å². The monoisotopic (exact) mass is 452 g/mol. The van der Waals surface area contributed by atoms with Crippen LogP contribution in [0, 0.1) is 17.0 Å². The Morgan fingerprint density at radius 3 is 2.07 bits per heavy atom. The van der Waals surface area contributed by atoms with Gasteiger partial charge in [-0.25, -0.2) is 22.0 Å². The minimum atomic E-state index is -4.68. The predicted octanol–water partition coefficient (Wildman–Crippen LogP) is 6.83. The molecular weight excluding hydrogens is 434 g/mol. The molecule has 1 unspecified atom stereocenters. The van der Waals surface area contributed by atoms with Gasteiger partial charge >= 0.3 is 12.3 Å². The molecule has 2 bridgehead atoms. The molecule has 0 aliphatic heterocycles. The minimum absolute atomic E-state index is 0.302. The molecule has 4 rings (SSSR count). The molecule has 1 aromatic rings. The van der Waals surface area contributed by atoms with Crippen LogP contribution in [-0.2, 0) is 17.3 Å². The summed E-state index contributed by atoms with van der Waals surface area (Å²) in [4.78, 5) is 0. The SMILES string of the molecule is CC12CCC(OC(F)(F)c3ccc(CCC(F)(F)F)c(F)c3F)(CC1)C(F)C2(F)F. The molecule has 1 nitrogen and oxygen atoms in total. The molecule has 0 aromatic heterocycles. The molecule has 170 valence electrons. The van der Waals surface area contributed by atoms with Gasteiger partial charge in [0, 0.05) is 11.8 Å². The lowest BCUT2D eigenvalue weighted by Crippen LogP contribution is -2.67. The Morgan fingerprint density at radius 1 is 0.967 bits per heavy atom. The third-order valence-electron chi connectivity index (χ3n) is 6.27. The highest BCUT2D eigenvalue weighted by Crippen LogP contribution is 2.63. The lowest BCUT2D eigenvalue weighted by molar-refractivity contribution is -0.375. The lowest BCUT2D eigenvalue weighted by atomic mass is 9.56. The molecule has 1 aromatic carbocycles. The number of rotatable bonds is 5. The average Bonchev–Trinajstić information content (AvgIpc) is 2.62. The fourth-order valence-corrected chi connectivity index (χ4v) is 4.20. The summed E-state index contributed by atoms with van der Waals surface area (Å²) >= 11 is 0. The molecule has 0 heterocycles. The zero-order chi connectivity index (χ0) is 22.8. The predicted molar refractivity (Wildman–Crippen MR) is 84.9 cm³/mol. The maximum atomic E-state index is 14.6. The number of alkyl halides is 8. The van der Waals surface area contributed by atoms with Gasteiger partial charge in [0.15, 0.2) is 17.8 Å². The summed E-state index contributed by atoms with van der Waals surface area (Å²) < 4.78 is 142. The molecule has 0 N–H and O–H groups in total. The Morgan fingerprint density at radius 2 is 1.53 bits per heavy atom. The highest BCUT2D eigenvalue weighted by Gasteiger charge is 2.72. The standard InChI is InChI=1S/C19H18F10O/c1-15-6-8-16(9-7-15,14(22)18(15,26)27)30-19(28,29)11-3-2-10(12(20)13(11)21)4-5-17(23,24)25/h2-3,14H,4-9H2,1H3. The number of ether oxygens (including phenoxy) is 1. The summed E-state index contributed by atoms with van der Waals surface area (Å²) in [6.45, 7) is 1.15. The van der Waals surface area contributed by atoms with Gasteiger partial charge in [-0.1, -0.05) is 13.0 Å². The number of fused-ring (bicyclic) bond motifs is 3. The van der Waals surface area contributed by atoms with Crippen LogP contribution in [0.1, 0.15) is 50.2 Å². The van der Waals surface area contributed by atoms with Gasteiger partial charge in [0.1, 0.15) is 5.60 Å². The first-order chi connectivity index (χ1) is 13.5. The molecule has 0 radical (unpaired) electrons. The molecule has 0 saturated heterocycles. The van der Waals surface area contributed by atoms with E-state index in [1.165, 1.54) is 0 Å². The van der Waals surface area contributed by atoms with Gasteiger partial charge in [-0.3, -0.25) is 0 Å². The van der Waals surface area contributed by atoms with Gasteiger partial charge in [0.25, 0.3) is 5.92 Å². The van der Waals surface area contributed by atoms with Crippen molar-refractivity contribution in [1.82, 2.24) is 0 Å².